The molecule has 1 fully saturated rings. The zero-order valence-electron chi connectivity index (χ0n) is 12.7. The van der Waals surface area contributed by atoms with Crippen LogP contribution in [-0.4, -0.2) is 38.3 Å². The molecule has 0 saturated carbocycles. The predicted octanol–water partition coefficient (Wildman–Crippen LogP) is 2.21. The van der Waals surface area contributed by atoms with Gasteiger partial charge in [0.2, 0.25) is 0 Å². The minimum absolute atomic E-state index is 0.00863. The molecule has 0 bridgehead atoms. The van der Waals surface area contributed by atoms with Gasteiger partial charge in [0.15, 0.2) is 0 Å². The fraction of sp³-hybridized carbons (Fsp3) is 0.278. The van der Waals surface area contributed by atoms with Crippen LogP contribution in [0.2, 0.25) is 0 Å². The third-order valence-corrected chi connectivity index (χ3v) is 3.82. The van der Waals surface area contributed by atoms with Crippen molar-refractivity contribution >= 4 is 5.91 Å². The van der Waals surface area contributed by atoms with Crippen LogP contribution in [0.1, 0.15) is 10.4 Å². The molecule has 2 aromatic rings. The summed E-state index contributed by atoms with van der Waals surface area (Å²) in [7, 11) is 0. The van der Waals surface area contributed by atoms with Gasteiger partial charge in [-0.25, -0.2) is 4.39 Å². The topological polar surface area (TPSA) is 50.4 Å². The molecule has 2 N–H and O–H groups in total. The molecular weight excluding hydrogens is 295 g/mol. The third-order valence-electron chi connectivity index (χ3n) is 3.82. The van der Waals surface area contributed by atoms with Gasteiger partial charge in [0.05, 0.1) is 12.7 Å². The molecule has 2 aromatic carbocycles. The number of morpholine rings is 1. The van der Waals surface area contributed by atoms with Crippen LogP contribution in [0, 0.1) is 5.82 Å². The van der Waals surface area contributed by atoms with Gasteiger partial charge in [0.25, 0.3) is 5.91 Å². The summed E-state index contributed by atoms with van der Waals surface area (Å²) >= 11 is 0. The second-order valence-corrected chi connectivity index (χ2v) is 5.46. The smallest absolute Gasteiger partial charge is 0.252 e. The zero-order valence-corrected chi connectivity index (χ0v) is 12.7. The van der Waals surface area contributed by atoms with E-state index in [1.54, 1.807) is 18.2 Å². The Bertz CT molecular complexity index is 667. The first-order chi connectivity index (χ1) is 11.2. The highest BCUT2D eigenvalue weighted by Gasteiger charge is 2.17. The predicted molar refractivity (Wildman–Crippen MR) is 86.8 cm³/mol. The monoisotopic (exact) mass is 314 g/mol. The average molecular weight is 314 g/mol. The summed E-state index contributed by atoms with van der Waals surface area (Å²) in [4.78, 5) is 12.5. The SMILES string of the molecule is O=C(NCC1CNCCO1)c1ccccc1-c1ccc(F)cc1. The lowest BCUT2D eigenvalue weighted by molar-refractivity contribution is 0.0287. The molecule has 0 spiro atoms. The molecule has 5 heteroatoms. The molecule has 0 radical (unpaired) electrons. The van der Waals surface area contributed by atoms with Crippen molar-refractivity contribution in [1.29, 1.82) is 0 Å². The lowest BCUT2D eigenvalue weighted by Crippen LogP contribution is -2.45. The van der Waals surface area contributed by atoms with E-state index in [0.29, 0.717) is 18.7 Å². The van der Waals surface area contributed by atoms with Gasteiger partial charge in [0.1, 0.15) is 5.82 Å². The van der Waals surface area contributed by atoms with E-state index in [1.165, 1.54) is 12.1 Å². The van der Waals surface area contributed by atoms with Gasteiger partial charge in [-0.2, -0.15) is 0 Å². The molecule has 4 nitrogen and oxygen atoms in total. The second-order valence-electron chi connectivity index (χ2n) is 5.46. The number of hydrogen-bond acceptors (Lipinski definition) is 3. The minimum atomic E-state index is -0.294. The van der Waals surface area contributed by atoms with Crippen LogP contribution >= 0.6 is 0 Å². The number of rotatable bonds is 4. The third kappa shape index (κ3) is 3.94. The summed E-state index contributed by atoms with van der Waals surface area (Å²) in [5, 5.41) is 6.14. The van der Waals surface area contributed by atoms with Gasteiger partial charge < -0.3 is 15.4 Å². The van der Waals surface area contributed by atoms with E-state index >= 15 is 0 Å². The molecule has 0 aromatic heterocycles. The molecule has 1 atom stereocenters. The Kier molecular flexibility index (Phi) is 5.00. The van der Waals surface area contributed by atoms with Crippen molar-refractivity contribution in [1.82, 2.24) is 10.6 Å². The molecule has 1 aliphatic heterocycles. The largest absolute Gasteiger partial charge is 0.374 e. The first-order valence-corrected chi connectivity index (χ1v) is 7.69. The van der Waals surface area contributed by atoms with Crippen LogP contribution in [0.25, 0.3) is 11.1 Å². The van der Waals surface area contributed by atoms with Crippen molar-refractivity contribution in [3.63, 3.8) is 0 Å². The average Bonchev–Trinajstić information content (AvgIpc) is 2.61. The maximum Gasteiger partial charge on any atom is 0.252 e. The highest BCUT2D eigenvalue weighted by Crippen LogP contribution is 2.23. The molecule has 23 heavy (non-hydrogen) atoms. The molecule has 1 amide bonds. The van der Waals surface area contributed by atoms with Crippen LogP contribution in [0.5, 0.6) is 0 Å². The summed E-state index contributed by atoms with van der Waals surface area (Å²) in [5.74, 6) is -0.447. The minimum Gasteiger partial charge on any atom is -0.374 e. The summed E-state index contributed by atoms with van der Waals surface area (Å²) in [5.41, 5.74) is 2.17. The Morgan fingerprint density at radius 1 is 1.22 bits per heavy atom. The Balaban J connectivity index is 1.74. The summed E-state index contributed by atoms with van der Waals surface area (Å²) in [6.07, 6.45) is -0.00863. The number of nitrogens with one attached hydrogen (secondary N) is 2. The quantitative estimate of drug-likeness (QED) is 0.910. The van der Waals surface area contributed by atoms with Crippen LogP contribution in [0.4, 0.5) is 4.39 Å². The highest BCUT2D eigenvalue weighted by molar-refractivity contribution is 6.00. The van der Waals surface area contributed by atoms with E-state index in [4.69, 9.17) is 4.74 Å². The maximum absolute atomic E-state index is 13.1. The van der Waals surface area contributed by atoms with Crippen molar-refractivity contribution in [2.45, 2.75) is 6.10 Å². The van der Waals surface area contributed by atoms with Gasteiger partial charge >= 0.3 is 0 Å². The first-order valence-electron chi connectivity index (χ1n) is 7.69. The summed E-state index contributed by atoms with van der Waals surface area (Å²) in [6.45, 7) is 2.70. The number of carbonyl (C=O) groups is 1. The Morgan fingerprint density at radius 2 is 2.00 bits per heavy atom. The van der Waals surface area contributed by atoms with E-state index in [2.05, 4.69) is 10.6 Å². The fourth-order valence-electron chi connectivity index (χ4n) is 2.61. The van der Waals surface area contributed by atoms with Crippen molar-refractivity contribution < 1.29 is 13.9 Å². The Hall–Kier alpha value is -2.24. The normalized spacial score (nSPS) is 17.7. The van der Waals surface area contributed by atoms with E-state index in [0.717, 1.165) is 24.2 Å². The highest BCUT2D eigenvalue weighted by atomic mass is 19.1. The van der Waals surface area contributed by atoms with E-state index < -0.39 is 0 Å². The molecule has 1 heterocycles. The number of halogens is 1. The standard InChI is InChI=1S/C18H19FN2O2/c19-14-7-5-13(6-8-14)16-3-1-2-4-17(16)18(22)21-12-15-11-20-9-10-23-15/h1-8,15,20H,9-12H2,(H,21,22). The molecule has 1 saturated heterocycles. The first kappa shape index (κ1) is 15.6. The van der Waals surface area contributed by atoms with Gasteiger partial charge in [0, 0.05) is 25.2 Å². The molecule has 0 aliphatic carbocycles. The number of amides is 1. The fourth-order valence-corrected chi connectivity index (χ4v) is 2.61. The Labute approximate surface area is 134 Å². The van der Waals surface area contributed by atoms with Crippen LogP contribution in [-0.2, 0) is 4.74 Å². The van der Waals surface area contributed by atoms with Crippen LogP contribution < -0.4 is 10.6 Å². The van der Waals surface area contributed by atoms with Crippen LogP contribution in [0.3, 0.4) is 0 Å². The number of hydrogen-bond donors (Lipinski definition) is 2. The molecule has 3 rings (SSSR count). The van der Waals surface area contributed by atoms with Crippen LogP contribution in [0.15, 0.2) is 48.5 Å². The second kappa shape index (κ2) is 7.35. The van der Waals surface area contributed by atoms with E-state index in [-0.39, 0.29) is 17.8 Å². The maximum atomic E-state index is 13.1. The summed E-state index contributed by atoms with van der Waals surface area (Å²) in [6, 6.07) is 13.5. The van der Waals surface area contributed by atoms with E-state index in [1.807, 2.05) is 18.2 Å². The van der Waals surface area contributed by atoms with Crippen molar-refractivity contribution in [3.8, 4) is 11.1 Å². The number of benzene rings is 2. The van der Waals surface area contributed by atoms with Gasteiger partial charge in [-0.15, -0.1) is 0 Å². The molecular formula is C18H19FN2O2. The lowest BCUT2D eigenvalue weighted by atomic mass is 9.99. The molecule has 120 valence electrons. The van der Waals surface area contributed by atoms with Crippen molar-refractivity contribution in [2.24, 2.45) is 0 Å². The zero-order chi connectivity index (χ0) is 16.1. The molecule has 1 unspecified atom stereocenters. The van der Waals surface area contributed by atoms with Gasteiger partial charge in [-0.1, -0.05) is 30.3 Å². The van der Waals surface area contributed by atoms with E-state index in [9.17, 15) is 9.18 Å². The van der Waals surface area contributed by atoms with Crippen molar-refractivity contribution in [2.75, 3.05) is 26.2 Å². The van der Waals surface area contributed by atoms with Gasteiger partial charge in [-0.05, 0) is 29.3 Å². The lowest BCUT2D eigenvalue weighted by Gasteiger charge is -2.24. The number of carbonyl (C=O) groups excluding carboxylic acids is 1. The Morgan fingerprint density at radius 3 is 2.74 bits per heavy atom. The number of ether oxygens (including phenoxy) is 1. The van der Waals surface area contributed by atoms with Gasteiger partial charge in [-0.3, -0.25) is 4.79 Å². The molecule has 1 aliphatic rings. The van der Waals surface area contributed by atoms with Crippen molar-refractivity contribution in [3.05, 3.63) is 59.9 Å². The summed E-state index contributed by atoms with van der Waals surface area (Å²) < 4.78 is 18.7.